The molecule has 0 heterocycles. The SMILES string of the molecule is O=P(O)(O)O.O=P(O)(O)O.[Ca+2].[H-].[H-].[H-].[K+]. The van der Waals surface area contributed by atoms with Gasteiger partial charge in [0.15, 0.2) is 0 Å². The van der Waals surface area contributed by atoms with E-state index >= 15 is 0 Å². The van der Waals surface area contributed by atoms with E-state index in [9.17, 15) is 0 Å². The fraction of sp³-hybridized carbons (Fsp3) is 0. The molecule has 0 aliphatic heterocycles. The molecule has 0 rings (SSSR count). The molecule has 0 aliphatic rings. The van der Waals surface area contributed by atoms with Gasteiger partial charge in [-0.2, -0.15) is 0 Å². The summed E-state index contributed by atoms with van der Waals surface area (Å²) in [5.74, 6) is 0. The zero-order valence-corrected chi connectivity index (χ0v) is 13.2. The van der Waals surface area contributed by atoms with Gasteiger partial charge >= 0.3 is 105 Å². The maximum absolute atomic E-state index is 8.88. The number of hydrogen-bond acceptors (Lipinski definition) is 2. The van der Waals surface area contributed by atoms with E-state index in [0.29, 0.717) is 0 Å². The van der Waals surface area contributed by atoms with Gasteiger partial charge in [0.1, 0.15) is 0 Å². The van der Waals surface area contributed by atoms with Crippen LogP contribution >= 0.6 is 15.6 Å². The van der Waals surface area contributed by atoms with Crippen molar-refractivity contribution >= 4 is 53.4 Å². The second-order valence-electron chi connectivity index (χ2n) is 1.03. The Kier molecular flexibility index (Phi) is 21.6. The van der Waals surface area contributed by atoms with Crippen LogP contribution < -0.4 is 51.4 Å². The van der Waals surface area contributed by atoms with Gasteiger partial charge in [0.25, 0.3) is 0 Å². The van der Waals surface area contributed by atoms with Crippen molar-refractivity contribution in [1.82, 2.24) is 0 Å². The molecule has 0 spiro atoms. The smallest absolute Gasteiger partial charge is 1.00 e. The normalized spacial score (nSPS) is 9.83. The van der Waals surface area contributed by atoms with Crippen molar-refractivity contribution in [3.63, 3.8) is 0 Å². The van der Waals surface area contributed by atoms with Gasteiger partial charge in [-0.05, 0) is 0 Å². The molecule has 6 N–H and O–H groups in total. The van der Waals surface area contributed by atoms with E-state index < -0.39 is 15.6 Å². The number of phosphoric acid groups is 2. The summed E-state index contributed by atoms with van der Waals surface area (Å²) >= 11 is 0. The third kappa shape index (κ3) is 198. The second-order valence-corrected chi connectivity index (χ2v) is 3.08. The maximum Gasteiger partial charge on any atom is 2.00 e. The summed E-state index contributed by atoms with van der Waals surface area (Å²) in [4.78, 5) is 43.1. The number of rotatable bonds is 0. The summed E-state index contributed by atoms with van der Waals surface area (Å²) in [6.45, 7) is 0. The molecule has 0 radical (unpaired) electrons. The maximum atomic E-state index is 8.88. The zero-order chi connectivity index (χ0) is 9.00. The molecule has 0 fully saturated rings. The van der Waals surface area contributed by atoms with E-state index in [1.54, 1.807) is 0 Å². The molecule has 0 aromatic carbocycles. The second kappa shape index (κ2) is 10.6. The summed E-state index contributed by atoms with van der Waals surface area (Å²) < 4.78 is 17.8. The van der Waals surface area contributed by atoms with Crippen molar-refractivity contribution in [1.29, 1.82) is 0 Å². The molecule has 0 amide bonds. The van der Waals surface area contributed by atoms with Crippen molar-refractivity contribution in [3.05, 3.63) is 0 Å². The van der Waals surface area contributed by atoms with Crippen molar-refractivity contribution in [2.75, 3.05) is 0 Å². The van der Waals surface area contributed by atoms with Crippen molar-refractivity contribution in [2.45, 2.75) is 0 Å². The van der Waals surface area contributed by atoms with Crippen LogP contribution in [-0.2, 0) is 9.13 Å². The van der Waals surface area contributed by atoms with Crippen molar-refractivity contribution in [3.8, 4) is 0 Å². The minimum Gasteiger partial charge on any atom is -1.00 e. The molecule has 12 heteroatoms. The molecule has 0 aromatic heterocycles. The summed E-state index contributed by atoms with van der Waals surface area (Å²) in [7, 11) is -9.28. The van der Waals surface area contributed by atoms with E-state index in [4.69, 9.17) is 38.5 Å². The third-order valence-electron chi connectivity index (χ3n) is 0. The van der Waals surface area contributed by atoms with Crippen LogP contribution in [0.3, 0.4) is 0 Å². The Morgan fingerprint density at radius 2 is 0.750 bits per heavy atom. The molecule has 0 saturated carbocycles. The van der Waals surface area contributed by atoms with Crippen LogP contribution in [-0.4, -0.2) is 67.1 Å². The first-order chi connectivity index (χ1) is 4.00. The van der Waals surface area contributed by atoms with Gasteiger partial charge in [0, 0.05) is 0 Å². The van der Waals surface area contributed by atoms with Crippen LogP contribution in [0.4, 0.5) is 0 Å². The fourth-order valence-corrected chi connectivity index (χ4v) is 0. The molecule has 0 aromatic rings. The van der Waals surface area contributed by atoms with Crippen LogP contribution in [0.25, 0.3) is 0 Å². The summed E-state index contributed by atoms with van der Waals surface area (Å²) in [5.41, 5.74) is 0. The van der Waals surface area contributed by atoms with Gasteiger partial charge < -0.3 is 33.6 Å². The van der Waals surface area contributed by atoms with E-state index in [1.165, 1.54) is 0 Å². The molecule has 0 saturated heterocycles. The molecule has 0 atom stereocenters. The molecular formula is H9CaKO8P2. The fourth-order valence-electron chi connectivity index (χ4n) is 0. The van der Waals surface area contributed by atoms with E-state index in [0.717, 1.165) is 0 Å². The number of hydrogen-bond donors (Lipinski definition) is 6. The van der Waals surface area contributed by atoms with Gasteiger partial charge in [-0.3, -0.25) is 0 Å². The first-order valence-electron chi connectivity index (χ1n) is 1.57. The van der Waals surface area contributed by atoms with Crippen LogP contribution in [0.5, 0.6) is 0 Å². The van der Waals surface area contributed by atoms with Crippen LogP contribution in [0.15, 0.2) is 0 Å². The largest absolute Gasteiger partial charge is 2.00 e. The molecule has 70 valence electrons. The summed E-state index contributed by atoms with van der Waals surface area (Å²) in [5, 5.41) is 0. The molecule has 12 heavy (non-hydrogen) atoms. The molecule has 8 nitrogen and oxygen atoms in total. The average Bonchev–Trinajstić information content (AvgIpc) is 1.12. The van der Waals surface area contributed by atoms with Crippen LogP contribution in [0.2, 0.25) is 0 Å². The van der Waals surface area contributed by atoms with Gasteiger partial charge in [0.2, 0.25) is 0 Å². The molecule has 0 bridgehead atoms. The summed E-state index contributed by atoms with van der Waals surface area (Å²) in [6.07, 6.45) is 0. The minimum absolute atomic E-state index is 0. The van der Waals surface area contributed by atoms with Gasteiger partial charge in [0.05, 0.1) is 0 Å². The zero-order valence-electron chi connectivity index (χ0n) is 9.10. The Balaban J connectivity index is -0.0000000128. The molecule has 0 aliphatic carbocycles. The first-order valence-corrected chi connectivity index (χ1v) is 4.70. The topological polar surface area (TPSA) is 156 Å². The average molecular weight is 278 g/mol. The Morgan fingerprint density at radius 3 is 0.750 bits per heavy atom. The Hall–Kier alpha value is 3.12. The van der Waals surface area contributed by atoms with Crippen molar-refractivity contribution < 1.29 is 94.2 Å². The standard InChI is InChI=1S/Ca.K.2H3O4P.3H/c;;2*1-5(2,3)4;;;/h;;2*(H3,1,2,3,4);;;/q+2;+1;;;3*-1. The van der Waals surface area contributed by atoms with Gasteiger partial charge in [-0.15, -0.1) is 0 Å². The van der Waals surface area contributed by atoms with E-state index in [2.05, 4.69) is 0 Å². The predicted molar refractivity (Wildman–Crippen MR) is 37.6 cm³/mol. The van der Waals surface area contributed by atoms with Gasteiger partial charge in [-0.25, -0.2) is 9.13 Å². The van der Waals surface area contributed by atoms with Crippen LogP contribution in [0.1, 0.15) is 4.28 Å². The monoisotopic (exact) mass is 278 g/mol. The third-order valence-corrected chi connectivity index (χ3v) is 0. The Labute approximate surface area is 145 Å². The van der Waals surface area contributed by atoms with Gasteiger partial charge in [-0.1, -0.05) is 0 Å². The van der Waals surface area contributed by atoms with E-state index in [-0.39, 0.29) is 93.4 Å². The summed E-state index contributed by atoms with van der Waals surface area (Å²) in [6, 6.07) is 0. The van der Waals surface area contributed by atoms with E-state index in [1.807, 2.05) is 0 Å². The van der Waals surface area contributed by atoms with Crippen LogP contribution in [0, 0.1) is 0 Å². The quantitative estimate of drug-likeness (QED) is 0.190. The molecule has 0 unspecified atom stereocenters. The minimum atomic E-state index is -4.64. The Bertz CT molecular complexity index is 140. The van der Waals surface area contributed by atoms with Crippen molar-refractivity contribution in [2.24, 2.45) is 0 Å². The first kappa shape index (κ1) is 24.4. The predicted octanol–water partition coefficient (Wildman–Crippen LogP) is -4.90. The molecular weight excluding hydrogens is 269 g/mol. The Morgan fingerprint density at radius 1 is 0.750 bits per heavy atom.